The summed E-state index contributed by atoms with van der Waals surface area (Å²) in [5.74, 6) is 0.575. The highest BCUT2D eigenvalue weighted by molar-refractivity contribution is 6.30. The van der Waals surface area contributed by atoms with Crippen molar-refractivity contribution in [3.05, 3.63) is 28.8 Å². The monoisotopic (exact) mass is 292 g/mol. The number of carbonyl (C=O) groups is 1. The van der Waals surface area contributed by atoms with Gasteiger partial charge in [0.15, 0.2) is 0 Å². The summed E-state index contributed by atoms with van der Waals surface area (Å²) in [6.45, 7) is 4.98. The Morgan fingerprint density at radius 1 is 1.40 bits per heavy atom. The Morgan fingerprint density at radius 3 is 2.75 bits per heavy atom. The van der Waals surface area contributed by atoms with Crippen LogP contribution in [0.1, 0.15) is 45.1 Å². The summed E-state index contributed by atoms with van der Waals surface area (Å²) in [6, 6.07) is 5.87. The SMILES string of the molecule is CCCC1(C2CC2)c2cc(Cl)ccc2NC(=O)N1CC. The Kier molecular flexibility index (Phi) is 3.41. The molecule has 4 heteroatoms. The zero-order valence-electron chi connectivity index (χ0n) is 12.1. The van der Waals surface area contributed by atoms with Gasteiger partial charge in [0.1, 0.15) is 0 Å². The van der Waals surface area contributed by atoms with Crippen molar-refractivity contribution >= 4 is 23.3 Å². The molecular formula is C16H21ClN2O. The second kappa shape index (κ2) is 4.96. The lowest BCUT2D eigenvalue weighted by atomic mass is 9.77. The molecule has 1 N–H and O–H groups in total. The molecule has 20 heavy (non-hydrogen) atoms. The number of hydrogen-bond acceptors (Lipinski definition) is 1. The van der Waals surface area contributed by atoms with Crippen LogP contribution in [0.5, 0.6) is 0 Å². The number of fused-ring (bicyclic) bond motifs is 1. The zero-order valence-corrected chi connectivity index (χ0v) is 12.8. The maximum atomic E-state index is 12.5. The molecule has 3 nitrogen and oxygen atoms in total. The van der Waals surface area contributed by atoms with Gasteiger partial charge in [0.05, 0.1) is 5.54 Å². The van der Waals surface area contributed by atoms with Crippen LogP contribution in [0.3, 0.4) is 0 Å². The van der Waals surface area contributed by atoms with Crippen molar-refractivity contribution in [1.82, 2.24) is 4.90 Å². The number of anilines is 1. The molecule has 1 atom stereocenters. The highest BCUT2D eigenvalue weighted by Crippen LogP contribution is 2.55. The molecule has 2 amide bonds. The molecule has 1 unspecified atom stereocenters. The number of rotatable bonds is 4. The minimum absolute atomic E-state index is 0.0303. The number of benzene rings is 1. The number of urea groups is 1. The van der Waals surface area contributed by atoms with Gasteiger partial charge in [-0.05, 0) is 50.3 Å². The van der Waals surface area contributed by atoms with Crippen LogP contribution in [0.2, 0.25) is 5.02 Å². The average Bonchev–Trinajstić information content (AvgIpc) is 3.24. The summed E-state index contributed by atoms with van der Waals surface area (Å²) in [4.78, 5) is 14.5. The van der Waals surface area contributed by atoms with Crippen molar-refractivity contribution in [2.24, 2.45) is 5.92 Å². The van der Waals surface area contributed by atoms with Crippen LogP contribution in [0.4, 0.5) is 10.5 Å². The Hall–Kier alpha value is -1.22. The molecule has 0 bridgehead atoms. The fourth-order valence-electron chi connectivity index (χ4n) is 3.77. The summed E-state index contributed by atoms with van der Waals surface area (Å²) < 4.78 is 0. The lowest BCUT2D eigenvalue weighted by Crippen LogP contribution is -2.56. The first-order valence-corrected chi connectivity index (χ1v) is 7.90. The molecule has 1 aromatic rings. The number of halogens is 1. The summed E-state index contributed by atoms with van der Waals surface area (Å²) in [6.07, 6.45) is 4.48. The van der Waals surface area contributed by atoms with E-state index < -0.39 is 0 Å². The van der Waals surface area contributed by atoms with E-state index in [0.717, 1.165) is 30.1 Å². The largest absolute Gasteiger partial charge is 0.322 e. The van der Waals surface area contributed by atoms with Gasteiger partial charge in [0.2, 0.25) is 0 Å². The van der Waals surface area contributed by atoms with Gasteiger partial charge in [-0.1, -0.05) is 24.9 Å². The van der Waals surface area contributed by atoms with Gasteiger partial charge in [-0.15, -0.1) is 0 Å². The Balaban J connectivity index is 2.20. The molecule has 1 aliphatic heterocycles. The molecular weight excluding hydrogens is 272 g/mol. The molecule has 1 fully saturated rings. The summed E-state index contributed by atoms with van der Waals surface area (Å²) in [5, 5.41) is 3.76. The normalized spacial score (nSPS) is 25.4. The van der Waals surface area contributed by atoms with Crippen LogP contribution in [0, 0.1) is 5.92 Å². The van der Waals surface area contributed by atoms with Crippen LogP contribution < -0.4 is 5.32 Å². The van der Waals surface area contributed by atoms with Crippen molar-refractivity contribution in [2.75, 3.05) is 11.9 Å². The van der Waals surface area contributed by atoms with Crippen molar-refractivity contribution < 1.29 is 4.79 Å². The van der Waals surface area contributed by atoms with Gasteiger partial charge in [0, 0.05) is 22.8 Å². The zero-order chi connectivity index (χ0) is 14.3. The van der Waals surface area contributed by atoms with E-state index in [2.05, 4.69) is 19.2 Å². The molecule has 1 aromatic carbocycles. The maximum Gasteiger partial charge on any atom is 0.322 e. The number of nitrogens with one attached hydrogen (secondary N) is 1. The van der Waals surface area contributed by atoms with Crippen molar-refractivity contribution in [3.8, 4) is 0 Å². The van der Waals surface area contributed by atoms with Gasteiger partial charge in [-0.3, -0.25) is 0 Å². The molecule has 0 spiro atoms. The standard InChI is InChI=1S/C16H21ClN2O/c1-3-9-16(11-5-6-11)13-10-12(17)7-8-14(13)18-15(20)19(16)4-2/h7-8,10-11H,3-6,9H2,1-2H3,(H,18,20). The van der Waals surface area contributed by atoms with Crippen molar-refractivity contribution in [2.45, 2.75) is 45.1 Å². The number of carbonyl (C=O) groups excluding carboxylic acids is 1. The molecule has 108 valence electrons. The maximum absolute atomic E-state index is 12.5. The third-order valence-corrected chi connectivity index (χ3v) is 4.85. The predicted molar refractivity (Wildman–Crippen MR) is 82.2 cm³/mol. The smallest absolute Gasteiger partial charge is 0.315 e. The molecule has 3 rings (SSSR count). The molecule has 0 radical (unpaired) electrons. The first-order valence-electron chi connectivity index (χ1n) is 7.52. The van der Waals surface area contributed by atoms with E-state index in [0.29, 0.717) is 5.92 Å². The van der Waals surface area contributed by atoms with Gasteiger partial charge in [-0.25, -0.2) is 4.79 Å². The second-order valence-corrected chi connectivity index (χ2v) is 6.25. The molecule has 2 aliphatic rings. The van der Waals surface area contributed by atoms with E-state index in [4.69, 9.17) is 11.6 Å². The Bertz CT molecular complexity index is 541. The fourth-order valence-corrected chi connectivity index (χ4v) is 3.95. The lowest BCUT2D eigenvalue weighted by Gasteiger charge is -2.48. The van der Waals surface area contributed by atoms with E-state index in [1.54, 1.807) is 0 Å². The first-order chi connectivity index (χ1) is 9.63. The van der Waals surface area contributed by atoms with Crippen LogP contribution in [0.15, 0.2) is 18.2 Å². The minimum Gasteiger partial charge on any atom is -0.315 e. The van der Waals surface area contributed by atoms with Crippen molar-refractivity contribution in [1.29, 1.82) is 0 Å². The lowest BCUT2D eigenvalue weighted by molar-refractivity contribution is 0.0899. The Morgan fingerprint density at radius 2 is 2.15 bits per heavy atom. The third kappa shape index (κ3) is 1.91. The number of amides is 2. The van der Waals surface area contributed by atoms with E-state index >= 15 is 0 Å². The minimum atomic E-state index is -0.161. The number of nitrogens with zero attached hydrogens (tertiary/aromatic N) is 1. The highest BCUT2D eigenvalue weighted by Gasteiger charge is 2.54. The Labute approximate surface area is 125 Å². The van der Waals surface area contributed by atoms with Crippen LogP contribution in [0.25, 0.3) is 0 Å². The fraction of sp³-hybridized carbons (Fsp3) is 0.562. The van der Waals surface area contributed by atoms with Gasteiger partial charge in [0.25, 0.3) is 0 Å². The summed E-state index contributed by atoms with van der Waals surface area (Å²) >= 11 is 6.23. The third-order valence-electron chi connectivity index (χ3n) is 4.62. The molecule has 1 heterocycles. The summed E-state index contributed by atoms with van der Waals surface area (Å²) in [7, 11) is 0. The molecule has 1 aliphatic carbocycles. The van der Waals surface area contributed by atoms with E-state index in [1.165, 1.54) is 18.4 Å². The van der Waals surface area contributed by atoms with E-state index in [1.807, 2.05) is 23.1 Å². The highest BCUT2D eigenvalue weighted by atomic mass is 35.5. The topological polar surface area (TPSA) is 32.3 Å². The summed E-state index contributed by atoms with van der Waals surface area (Å²) in [5.41, 5.74) is 1.98. The first kappa shape index (κ1) is 13.7. The quantitative estimate of drug-likeness (QED) is 0.863. The van der Waals surface area contributed by atoms with E-state index in [9.17, 15) is 4.79 Å². The molecule has 0 saturated heterocycles. The van der Waals surface area contributed by atoms with Gasteiger partial charge >= 0.3 is 6.03 Å². The second-order valence-electron chi connectivity index (χ2n) is 5.81. The average molecular weight is 293 g/mol. The molecule has 0 aromatic heterocycles. The molecule has 1 saturated carbocycles. The van der Waals surface area contributed by atoms with Crippen LogP contribution in [-0.2, 0) is 5.54 Å². The number of hydrogen-bond donors (Lipinski definition) is 1. The van der Waals surface area contributed by atoms with E-state index in [-0.39, 0.29) is 11.6 Å². The van der Waals surface area contributed by atoms with Crippen LogP contribution in [-0.4, -0.2) is 17.5 Å². The van der Waals surface area contributed by atoms with Gasteiger partial charge < -0.3 is 10.2 Å². The van der Waals surface area contributed by atoms with Crippen LogP contribution >= 0.6 is 11.6 Å². The predicted octanol–water partition coefficient (Wildman–Crippen LogP) is 4.61. The van der Waals surface area contributed by atoms with Crippen molar-refractivity contribution in [3.63, 3.8) is 0 Å². The van der Waals surface area contributed by atoms with Gasteiger partial charge in [-0.2, -0.15) is 0 Å².